The minimum atomic E-state index is -4.79. The minimum absolute atomic E-state index is 0.0364. The van der Waals surface area contributed by atoms with Crippen LogP contribution in [0, 0.1) is 0 Å². The van der Waals surface area contributed by atoms with Crippen LogP contribution in [-0.2, 0) is 40.3 Å². The van der Waals surface area contributed by atoms with Gasteiger partial charge >= 0.3 is 12.4 Å². The molecule has 1 aliphatic heterocycles. The zero-order chi connectivity index (χ0) is 29.3. The van der Waals surface area contributed by atoms with E-state index in [-0.39, 0.29) is 45.0 Å². The number of amides is 1. The van der Waals surface area contributed by atoms with E-state index in [9.17, 15) is 39.6 Å². The number of benzene rings is 2. The molecule has 3 aromatic rings. The van der Waals surface area contributed by atoms with Crippen molar-refractivity contribution in [1.29, 1.82) is 0 Å². The van der Waals surface area contributed by atoms with Crippen molar-refractivity contribution in [3.05, 3.63) is 81.2 Å². The summed E-state index contributed by atoms with van der Waals surface area (Å²) in [5.74, 6) is -0.689. The first kappa shape index (κ1) is 30.2. The highest BCUT2D eigenvalue weighted by atomic mass is 35.5. The van der Waals surface area contributed by atoms with E-state index in [1.54, 1.807) is 0 Å². The van der Waals surface area contributed by atoms with E-state index in [0.717, 1.165) is 52.0 Å². The highest BCUT2D eigenvalue weighted by Gasteiger charge is 2.40. The monoisotopic (exact) mass is 626 g/mol. The van der Waals surface area contributed by atoms with Crippen molar-refractivity contribution in [2.24, 2.45) is 0 Å². The molecule has 0 saturated carbocycles. The minimum Gasteiger partial charge on any atom is -0.489 e. The summed E-state index contributed by atoms with van der Waals surface area (Å²) in [5, 5.41) is 2.42. The van der Waals surface area contributed by atoms with Crippen LogP contribution >= 0.6 is 22.9 Å². The summed E-state index contributed by atoms with van der Waals surface area (Å²) in [6.45, 7) is -0.775. The third kappa shape index (κ3) is 6.90. The lowest BCUT2D eigenvalue weighted by Gasteiger charge is -2.23. The van der Waals surface area contributed by atoms with E-state index in [1.165, 1.54) is 18.2 Å². The molecule has 4 rings (SSSR count). The molecule has 6 nitrogen and oxygen atoms in total. The van der Waals surface area contributed by atoms with Crippen molar-refractivity contribution in [3.8, 4) is 5.75 Å². The Morgan fingerprint density at radius 2 is 1.73 bits per heavy atom. The molecule has 2 aromatic carbocycles. The Hall–Kier alpha value is -2.81. The van der Waals surface area contributed by atoms with Crippen molar-refractivity contribution in [3.63, 3.8) is 0 Å². The van der Waals surface area contributed by atoms with Gasteiger partial charge in [0.05, 0.1) is 15.5 Å². The van der Waals surface area contributed by atoms with Gasteiger partial charge < -0.3 is 10.1 Å². The van der Waals surface area contributed by atoms with Crippen LogP contribution in [0.15, 0.2) is 58.8 Å². The highest BCUT2D eigenvalue weighted by molar-refractivity contribution is 7.91. The summed E-state index contributed by atoms with van der Waals surface area (Å²) < 4.78 is 112. The van der Waals surface area contributed by atoms with Gasteiger partial charge in [-0.3, -0.25) is 4.79 Å². The Morgan fingerprint density at radius 1 is 1.02 bits per heavy atom. The Bertz CT molecular complexity index is 1470. The average Bonchev–Trinajstić information content (AvgIpc) is 3.56. The van der Waals surface area contributed by atoms with Crippen LogP contribution in [0.25, 0.3) is 0 Å². The quantitative estimate of drug-likeness (QED) is 0.290. The van der Waals surface area contributed by atoms with E-state index in [4.69, 9.17) is 16.3 Å². The van der Waals surface area contributed by atoms with Gasteiger partial charge in [-0.1, -0.05) is 23.7 Å². The lowest BCUT2D eigenvalue weighted by Crippen LogP contribution is -2.45. The van der Waals surface area contributed by atoms with Gasteiger partial charge in [0.1, 0.15) is 22.6 Å². The van der Waals surface area contributed by atoms with Crippen molar-refractivity contribution >= 4 is 38.9 Å². The van der Waals surface area contributed by atoms with Gasteiger partial charge in [0.15, 0.2) is 0 Å². The predicted molar refractivity (Wildman–Crippen MR) is 135 cm³/mol. The van der Waals surface area contributed by atoms with Crippen LogP contribution in [-0.4, -0.2) is 31.2 Å². The Morgan fingerprint density at radius 3 is 2.33 bits per heavy atom. The van der Waals surface area contributed by atoms with Crippen LogP contribution in [0.5, 0.6) is 5.75 Å². The molecule has 40 heavy (non-hydrogen) atoms. The van der Waals surface area contributed by atoms with Gasteiger partial charge in [0.2, 0.25) is 5.91 Å². The molecule has 0 aliphatic carbocycles. The van der Waals surface area contributed by atoms with E-state index in [2.05, 4.69) is 5.32 Å². The summed E-state index contributed by atoms with van der Waals surface area (Å²) in [6.07, 6.45) is -8.71. The maximum absolute atomic E-state index is 13.8. The lowest BCUT2D eigenvalue weighted by molar-refractivity contribution is -0.139. The van der Waals surface area contributed by atoms with E-state index < -0.39 is 52.0 Å². The summed E-state index contributed by atoms with van der Waals surface area (Å²) in [7, 11) is -4.01. The van der Waals surface area contributed by atoms with Crippen LogP contribution in [0.1, 0.15) is 35.1 Å². The van der Waals surface area contributed by atoms with Gasteiger partial charge in [-0.2, -0.15) is 30.6 Å². The molecule has 1 atom stereocenters. The molecule has 1 aromatic heterocycles. The number of carbonyl (C=O) groups is 1. The molecule has 1 saturated heterocycles. The summed E-state index contributed by atoms with van der Waals surface area (Å²) in [6, 6.07) is 8.72. The lowest BCUT2D eigenvalue weighted by atomic mass is 10.0. The average molecular weight is 627 g/mol. The predicted octanol–water partition coefficient (Wildman–Crippen LogP) is 6.49. The first-order chi connectivity index (χ1) is 18.7. The van der Waals surface area contributed by atoms with Crippen molar-refractivity contribution < 1.29 is 44.3 Å². The summed E-state index contributed by atoms with van der Waals surface area (Å²) in [4.78, 5) is 12.9. The Kier molecular flexibility index (Phi) is 8.74. The van der Waals surface area contributed by atoms with E-state index in [1.807, 2.05) is 0 Å². The fourth-order valence-corrected chi connectivity index (χ4v) is 7.45. The largest absolute Gasteiger partial charge is 0.489 e. The number of halogens is 7. The number of hydrogen-bond donors (Lipinski definition) is 1. The molecular formula is C25H21ClF6N2O4S2. The number of nitrogens with zero attached hydrogens (tertiary/aromatic N) is 1. The number of carbonyl (C=O) groups excluding carboxylic acids is 1. The fraction of sp³-hybridized carbons (Fsp3) is 0.320. The molecule has 15 heteroatoms. The number of ether oxygens (including phenoxy) is 1. The fourth-order valence-electron chi connectivity index (χ4n) is 4.18. The summed E-state index contributed by atoms with van der Waals surface area (Å²) >= 11 is 6.68. The third-order valence-electron chi connectivity index (χ3n) is 6.14. The second-order valence-corrected chi connectivity index (χ2v) is 12.7. The number of rotatable bonds is 8. The second-order valence-electron chi connectivity index (χ2n) is 8.85. The molecule has 0 bridgehead atoms. The molecule has 0 radical (unpaired) electrons. The number of thiophene rings is 1. The molecule has 1 amide bonds. The van der Waals surface area contributed by atoms with Crippen molar-refractivity contribution in [1.82, 2.24) is 9.62 Å². The van der Waals surface area contributed by atoms with Gasteiger partial charge in [-0.25, -0.2) is 8.42 Å². The smallest absolute Gasteiger partial charge is 0.416 e. The maximum Gasteiger partial charge on any atom is 0.416 e. The molecule has 1 fully saturated rings. The molecule has 2 heterocycles. The third-order valence-corrected chi connectivity index (χ3v) is 9.74. The zero-order valence-electron chi connectivity index (χ0n) is 20.4. The molecule has 1 aliphatic rings. The molecule has 0 unspecified atom stereocenters. The summed E-state index contributed by atoms with van der Waals surface area (Å²) in [5.41, 5.74) is -2.08. The highest BCUT2D eigenvalue weighted by Crippen LogP contribution is 2.35. The van der Waals surface area contributed by atoms with E-state index >= 15 is 0 Å². The number of hydrogen-bond acceptors (Lipinski definition) is 5. The first-order valence-electron chi connectivity index (χ1n) is 11.7. The SMILES string of the molecule is O=C(NCc1ccc(COc2ccc(C(F)(F)F)cc2)cc1C(F)(F)F)[C@@H]1CCCN1S(=O)(=O)c1ccc(Cl)s1. The normalized spacial score (nSPS) is 16.7. The number of alkyl halides is 6. The second kappa shape index (κ2) is 11.6. The van der Waals surface area contributed by atoms with Crippen LogP contribution in [0.2, 0.25) is 4.34 Å². The molecule has 0 spiro atoms. The Labute approximate surface area is 234 Å². The standard InChI is InChI=1S/C25H21ClF6N2O4S2/c26-21-9-10-22(39-21)40(36,37)34-11-1-2-20(34)23(35)33-13-16-4-3-15(12-19(16)25(30,31)32)14-38-18-7-5-17(6-8-18)24(27,28)29/h3-10,12,20H,1-2,11,13-14H2,(H,33,35)/t20-/m0/s1. The maximum atomic E-state index is 13.8. The van der Waals surface area contributed by atoms with Gasteiger partial charge in [-0.05, 0) is 66.4 Å². The van der Waals surface area contributed by atoms with Crippen LogP contribution in [0.3, 0.4) is 0 Å². The molecule has 1 N–H and O–H groups in total. The van der Waals surface area contributed by atoms with Gasteiger partial charge in [0.25, 0.3) is 10.0 Å². The van der Waals surface area contributed by atoms with Crippen LogP contribution < -0.4 is 10.1 Å². The van der Waals surface area contributed by atoms with Gasteiger partial charge in [-0.15, -0.1) is 11.3 Å². The number of sulfonamides is 1. The van der Waals surface area contributed by atoms with Crippen LogP contribution in [0.4, 0.5) is 26.3 Å². The van der Waals surface area contributed by atoms with Crippen molar-refractivity contribution in [2.75, 3.05) is 6.54 Å². The Balaban J connectivity index is 1.44. The first-order valence-corrected chi connectivity index (χ1v) is 14.3. The van der Waals surface area contributed by atoms with E-state index in [0.29, 0.717) is 6.42 Å². The van der Waals surface area contributed by atoms with Crippen molar-refractivity contribution in [2.45, 2.75) is 48.6 Å². The zero-order valence-corrected chi connectivity index (χ0v) is 22.7. The molecule has 216 valence electrons. The van der Waals surface area contributed by atoms with Gasteiger partial charge in [0, 0.05) is 13.1 Å². The number of nitrogens with one attached hydrogen (secondary N) is 1. The molecular weight excluding hydrogens is 606 g/mol. The topological polar surface area (TPSA) is 75.7 Å².